The van der Waals surface area contributed by atoms with Crippen molar-refractivity contribution in [2.75, 3.05) is 18.8 Å². The molecule has 0 saturated heterocycles. The van der Waals surface area contributed by atoms with E-state index in [4.69, 9.17) is 11.1 Å². The Balaban J connectivity index is 1.27. The van der Waals surface area contributed by atoms with Gasteiger partial charge in [-0.1, -0.05) is 43.2 Å². The lowest BCUT2D eigenvalue weighted by molar-refractivity contribution is 0.0472. The van der Waals surface area contributed by atoms with E-state index in [-0.39, 0.29) is 0 Å². The number of nitrogens with zero attached hydrogens (tertiary/aromatic N) is 2. The van der Waals surface area contributed by atoms with Crippen molar-refractivity contribution >= 4 is 11.5 Å². The first-order chi connectivity index (χ1) is 18.4. The summed E-state index contributed by atoms with van der Waals surface area (Å²) >= 11 is 0. The van der Waals surface area contributed by atoms with Crippen molar-refractivity contribution in [3.63, 3.8) is 0 Å². The minimum Gasteiger partial charge on any atom is -0.385 e. The van der Waals surface area contributed by atoms with Crippen LogP contribution in [0.15, 0.2) is 48.7 Å². The second-order valence-electron chi connectivity index (χ2n) is 11.8. The summed E-state index contributed by atoms with van der Waals surface area (Å²) in [5.41, 5.74) is 14.5. The van der Waals surface area contributed by atoms with Crippen molar-refractivity contribution in [3.05, 3.63) is 82.0 Å². The van der Waals surface area contributed by atoms with Crippen molar-refractivity contribution < 1.29 is 5.11 Å². The third kappa shape index (κ3) is 4.90. The lowest BCUT2D eigenvalue weighted by atomic mass is 9.87. The number of fused-ring (bicyclic) bond motifs is 2. The van der Waals surface area contributed by atoms with E-state index in [9.17, 15) is 5.11 Å². The summed E-state index contributed by atoms with van der Waals surface area (Å²) in [6.07, 6.45) is 13.3. The van der Waals surface area contributed by atoms with Gasteiger partial charge in [-0.2, -0.15) is 0 Å². The van der Waals surface area contributed by atoms with Gasteiger partial charge in [-0.25, -0.2) is 4.98 Å². The number of aromatic nitrogens is 1. The number of hydrogen-bond acceptors (Lipinski definition) is 5. The summed E-state index contributed by atoms with van der Waals surface area (Å²) in [7, 11) is 0. The first-order valence-corrected chi connectivity index (χ1v) is 14.5. The Labute approximate surface area is 226 Å². The van der Waals surface area contributed by atoms with Crippen molar-refractivity contribution in [2.24, 2.45) is 0 Å². The average Bonchev–Trinajstić information content (AvgIpc) is 3.31. The quantitative estimate of drug-likeness (QED) is 0.297. The van der Waals surface area contributed by atoms with E-state index in [1.807, 2.05) is 31.3 Å². The Kier molecular flexibility index (Phi) is 6.83. The Bertz CT molecular complexity index is 1360. The number of nitrogen functional groups attached to an aromatic ring is 1. The van der Waals surface area contributed by atoms with Gasteiger partial charge < -0.3 is 10.8 Å². The number of rotatable bonds is 4. The molecule has 2 heterocycles. The maximum absolute atomic E-state index is 10.9. The largest absolute Gasteiger partial charge is 0.385 e. The zero-order valence-electron chi connectivity index (χ0n) is 22.6. The predicted molar refractivity (Wildman–Crippen MR) is 155 cm³/mol. The fourth-order valence-corrected chi connectivity index (χ4v) is 6.95. The third-order valence-electron chi connectivity index (χ3n) is 9.24. The van der Waals surface area contributed by atoms with Gasteiger partial charge >= 0.3 is 0 Å². The molecule has 0 bridgehead atoms. The number of pyridine rings is 1. The summed E-state index contributed by atoms with van der Waals surface area (Å²) in [6, 6.07) is 15.6. The first-order valence-electron chi connectivity index (χ1n) is 14.5. The highest BCUT2D eigenvalue weighted by atomic mass is 16.3. The lowest BCUT2D eigenvalue weighted by Gasteiger charge is -2.26. The fourth-order valence-electron chi connectivity index (χ4n) is 6.95. The molecule has 198 valence electrons. The summed E-state index contributed by atoms with van der Waals surface area (Å²) < 4.78 is 0. The van der Waals surface area contributed by atoms with Gasteiger partial charge in [-0.3, -0.25) is 10.3 Å². The van der Waals surface area contributed by atoms with Crippen LogP contribution in [0.5, 0.6) is 0 Å². The van der Waals surface area contributed by atoms with Crippen LogP contribution in [-0.2, 0) is 24.9 Å². The molecule has 38 heavy (non-hydrogen) atoms. The standard InChI is InChI=1S/C33H40N4O/c1-33(38)15-5-4-6-25-19-26(11-12-30(25)33)31(34)29-20-27(21-36-32(29)35)23-10-9-22-13-16-37(17-14-24(22)18-23)28-7-2-3-8-28/h9-12,18-21,28,34,38H,2-8,13-17H2,1H3,(H2,35,36). The van der Waals surface area contributed by atoms with E-state index in [1.54, 1.807) is 0 Å². The summed E-state index contributed by atoms with van der Waals surface area (Å²) in [5.74, 6) is 0.377. The predicted octanol–water partition coefficient (Wildman–Crippen LogP) is 6.02. The number of benzene rings is 2. The van der Waals surface area contributed by atoms with E-state index >= 15 is 0 Å². The van der Waals surface area contributed by atoms with E-state index in [1.165, 1.54) is 36.8 Å². The SMILES string of the molecule is CC1(O)CCCCc2cc(C(=N)c3cc(-c4ccc5c(c4)CCN(C4CCCC4)CC5)cnc3N)ccc21. The molecule has 1 atom stereocenters. The van der Waals surface area contributed by atoms with Gasteiger partial charge in [0.2, 0.25) is 0 Å². The normalized spacial score (nSPS) is 22.4. The lowest BCUT2D eigenvalue weighted by Crippen LogP contribution is -2.35. The van der Waals surface area contributed by atoms with Crippen molar-refractivity contribution in [1.29, 1.82) is 5.41 Å². The molecule has 1 aromatic heterocycles. The third-order valence-corrected chi connectivity index (χ3v) is 9.24. The number of anilines is 1. The Hall–Kier alpha value is -3.02. The van der Waals surface area contributed by atoms with Gasteiger partial charge in [0.05, 0.1) is 11.3 Å². The maximum atomic E-state index is 10.9. The van der Waals surface area contributed by atoms with Gasteiger partial charge in [0.1, 0.15) is 5.82 Å². The van der Waals surface area contributed by atoms with Crippen LogP contribution in [0.1, 0.15) is 85.3 Å². The van der Waals surface area contributed by atoms with E-state index in [0.717, 1.165) is 85.5 Å². The number of nitrogens with one attached hydrogen (secondary N) is 1. The molecule has 1 fully saturated rings. The Morgan fingerprint density at radius 1 is 0.921 bits per heavy atom. The minimum atomic E-state index is -0.813. The molecule has 5 nitrogen and oxygen atoms in total. The molecule has 3 aliphatic rings. The van der Waals surface area contributed by atoms with Crippen LogP contribution in [0.2, 0.25) is 0 Å². The average molecular weight is 509 g/mol. The van der Waals surface area contributed by atoms with E-state index in [0.29, 0.717) is 17.1 Å². The van der Waals surface area contributed by atoms with Crippen LogP contribution in [0.25, 0.3) is 11.1 Å². The first kappa shape index (κ1) is 25.3. The van der Waals surface area contributed by atoms with E-state index in [2.05, 4.69) is 34.1 Å². The molecule has 5 heteroatoms. The molecule has 1 saturated carbocycles. The summed E-state index contributed by atoms with van der Waals surface area (Å²) in [4.78, 5) is 7.23. The molecule has 0 spiro atoms. The monoisotopic (exact) mass is 508 g/mol. The molecular weight excluding hydrogens is 468 g/mol. The number of aliphatic hydroxyl groups is 1. The molecule has 0 amide bonds. The zero-order valence-corrected chi connectivity index (χ0v) is 22.6. The van der Waals surface area contributed by atoms with Crippen molar-refractivity contribution in [1.82, 2.24) is 9.88 Å². The topological polar surface area (TPSA) is 86.2 Å². The Morgan fingerprint density at radius 2 is 1.71 bits per heavy atom. The highest BCUT2D eigenvalue weighted by Gasteiger charge is 2.28. The van der Waals surface area contributed by atoms with Crippen LogP contribution in [0.3, 0.4) is 0 Å². The smallest absolute Gasteiger partial charge is 0.132 e. The maximum Gasteiger partial charge on any atom is 0.132 e. The molecule has 4 N–H and O–H groups in total. The minimum absolute atomic E-state index is 0.377. The van der Waals surface area contributed by atoms with Crippen LogP contribution in [0.4, 0.5) is 5.82 Å². The second-order valence-corrected chi connectivity index (χ2v) is 11.8. The molecule has 1 unspecified atom stereocenters. The van der Waals surface area contributed by atoms with Gasteiger partial charge in [0, 0.05) is 42.0 Å². The molecule has 3 aromatic rings. The Morgan fingerprint density at radius 3 is 2.53 bits per heavy atom. The number of hydrogen-bond donors (Lipinski definition) is 3. The molecule has 1 aliphatic heterocycles. The molecular formula is C33H40N4O. The molecule has 6 rings (SSSR count). The van der Waals surface area contributed by atoms with Gasteiger partial charge in [0.15, 0.2) is 0 Å². The van der Waals surface area contributed by atoms with E-state index < -0.39 is 5.60 Å². The second kappa shape index (κ2) is 10.3. The van der Waals surface area contributed by atoms with Gasteiger partial charge in [0.25, 0.3) is 0 Å². The summed E-state index contributed by atoms with van der Waals surface area (Å²) in [6.45, 7) is 4.21. The highest BCUT2D eigenvalue weighted by Crippen LogP contribution is 2.35. The van der Waals surface area contributed by atoms with Crippen molar-refractivity contribution in [3.8, 4) is 11.1 Å². The van der Waals surface area contributed by atoms with Gasteiger partial charge in [-0.05, 0) is 98.2 Å². The van der Waals surface area contributed by atoms with Gasteiger partial charge in [-0.15, -0.1) is 0 Å². The molecule has 2 aliphatic carbocycles. The van der Waals surface area contributed by atoms with Crippen LogP contribution in [-0.4, -0.2) is 39.8 Å². The highest BCUT2D eigenvalue weighted by molar-refractivity contribution is 6.14. The molecule has 0 radical (unpaired) electrons. The number of nitrogens with two attached hydrogens (primary N) is 1. The van der Waals surface area contributed by atoms with Crippen molar-refractivity contribution in [2.45, 2.75) is 82.8 Å². The van der Waals surface area contributed by atoms with Crippen LogP contribution in [0, 0.1) is 5.41 Å². The van der Waals surface area contributed by atoms with Crippen LogP contribution >= 0.6 is 0 Å². The van der Waals surface area contributed by atoms with Crippen LogP contribution < -0.4 is 5.73 Å². The summed E-state index contributed by atoms with van der Waals surface area (Å²) in [5, 5.41) is 20.0. The zero-order chi connectivity index (χ0) is 26.3. The number of aryl methyl sites for hydroxylation is 1. The fraction of sp³-hybridized carbons (Fsp3) is 0.455. The molecule has 2 aromatic carbocycles.